The lowest BCUT2D eigenvalue weighted by molar-refractivity contribution is -0.134. The zero-order valence-electron chi connectivity index (χ0n) is 15.1. The van der Waals surface area contributed by atoms with E-state index in [9.17, 15) is 4.79 Å². The topological polar surface area (TPSA) is 75.0 Å². The molecule has 1 unspecified atom stereocenters. The number of fused-ring (bicyclic) bond motifs is 1. The van der Waals surface area contributed by atoms with Gasteiger partial charge >= 0.3 is 0 Å². The van der Waals surface area contributed by atoms with Crippen LogP contribution in [0, 0.1) is 6.92 Å². The molecule has 1 fully saturated rings. The van der Waals surface area contributed by atoms with E-state index in [1.54, 1.807) is 6.92 Å². The van der Waals surface area contributed by atoms with E-state index in [-0.39, 0.29) is 11.9 Å². The first kappa shape index (κ1) is 16.8. The summed E-state index contributed by atoms with van der Waals surface area (Å²) in [4.78, 5) is 18.2. The average molecular weight is 352 g/mol. The first-order valence-electron chi connectivity index (χ1n) is 9.37. The fraction of sp³-hybridized carbons (Fsp3) is 0.450. The minimum atomic E-state index is -0.0887. The Morgan fingerprint density at radius 3 is 3.00 bits per heavy atom. The summed E-state index contributed by atoms with van der Waals surface area (Å²) < 4.78 is 5.65. The zero-order chi connectivity index (χ0) is 17.9. The van der Waals surface area contributed by atoms with Crippen LogP contribution in [-0.2, 0) is 11.2 Å². The molecular formula is C20H24N4O2. The lowest BCUT2D eigenvalue weighted by atomic mass is 10.1. The summed E-state index contributed by atoms with van der Waals surface area (Å²) in [5.74, 6) is 1.29. The Kier molecular flexibility index (Phi) is 4.73. The second-order valence-electron chi connectivity index (χ2n) is 6.97. The Morgan fingerprint density at radius 1 is 1.27 bits per heavy atom. The summed E-state index contributed by atoms with van der Waals surface area (Å²) in [6.45, 7) is 2.55. The maximum Gasteiger partial charge on any atom is 0.238 e. The van der Waals surface area contributed by atoms with Crippen molar-refractivity contribution < 1.29 is 9.21 Å². The number of benzene rings is 1. The van der Waals surface area contributed by atoms with E-state index in [0.29, 0.717) is 18.2 Å². The van der Waals surface area contributed by atoms with Crippen LogP contribution in [0.15, 0.2) is 34.9 Å². The van der Waals surface area contributed by atoms with E-state index >= 15 is 0 Å². The van der Waals surface area contributed by atoms with Gasteiger partial charge in [-0.2, -0.15) is 0 Å². The largest absolute Gasteiger partial charge is 0.423 e. The molecule has 1 aliphatic rings. The van der Waals surface area contributed by atoms with E-state index in [0.717, 1.165) is 44.2 Å². The number of likely N-dealkylation sites (tertiary alicyclic amines) is 1. The number of amides is 1. The number of H-pyrrole nitrogens is 1. The maximum atomic E-state index is 13.0. The van der Waals surface area contributed by atoms with E-state index in [4.69, 9.17) is 4.42 Å². The number of hydrogen-bond donors (Lipinski definition) is 1. The van der Waals surface area contributed by atoms with Crippen LogP contribution in [0.25, 0.3) is 10.9 Å². The zero-order valence-corrected chi connectivity index (χ0v) is 15.1. The third-order valence-corrected chi connectivity index (χ3v) is 5.18. The first-order chi connectivity index (χ1) is 12.7. The van der Waals surface area contributed by atoms with Gasteiger partial charge in [0.25, 0.3) is 0 Å². The van der Waals surface area contributed by atoms with Crippen LogP contribution >= 0.6 is 0 Å². The standard InChI is InChI=1S/C20H24N4O2/c1-14-22-23-20(26-14)18-9-3-2-6-12-24(18)19(25)11-10-15-13-21-17-8-5-4-7-16(15)17/h4-5,7-8,13,18,21H,2-3,6,9-12H2,1H3. The molecule has 1 N–H and O–H groups in total. The molecule has 0 spiro atoms. The molecule has 1 amide bonds. The molecule has 3 aromatic rings. The molecule has 1 saturated heterocycles. The highest BCUT2D eigenvalue weighted by molar-refractivity contribution is 5.84. The van der Waals surface area contributed by atoms with Gasteiger partial charge in [-0.1, -0.05) is 31.0 Å². The Labute approximate surface area is 152 Å². The number of nitrogens with one attached hydrogen (secondary N) is 1. The van der Waals surface area contributed by atoms with Gasteiger partial charge in [0.1, 0.15) is 6.04 Å². The van der Waals surface area contributed by atoms with Crippen molar-refractivity contribution in [3.63, 3.8) is 0 Å². The van der Waals surface area contributed by atoms with Crippen LogP contribution in [-0.4, -0.2) is 32.5 Å². The van der Waals surface area contributed by atoms with E-state index in [1.165, 1.54) is 10.9 Å². The van der Waals surface area contributed by atoms with Gasteiger partial charge in [-0.3, -0.25) is 4.79 Å². The number of aryl methyl sites for hydroxylation is 2. The van der Waals surface area contributed by atoms with Crippen LogP contribution in [0.2, 0.25) is 0 Å². The number of aromatic nitrogens is 3. The van der Waals surface area contributed by atoms with Crippen LogP contribution in [0.5, 0.6) is 0 Å². The van der Waals surface area contributed by atoms with Gasteiger partial charge in [-0.15, -0.1) is 10.2 Å². The van der Waals surface area contributed by atoms with Crippen LogP contribution in [0.1, 0.15) is 55.5 Å². The van der Waals surface area contributed by atoms with E-state index in [1.807, 2.05) is 23.2 Å². The summed E-state index contributed by atoms with van der Waals surface area (Å²) in [6, 6.07) is 8.12. The molecule has 2 aromatic heterocycles. The summed E-state index contributed by atoms with van der Waals surface area (Å²) >= 11 is 0. The van der Waals surface area contributed by atoms with Crippen LogP contribution in [0.4, 0.5) is 0 Å². The molecule has 0 saturated carbocycles. The highest BCUT2D eigenvalue weighted by atomic mass is 16.4. The maximum absolute atomic E-state index is 13.0. The van der Waals surface area contributed by atoms with E-state index in [2.05, 4.69) is 27.3 Å². The summed E-state index contributed by atoms with van der Waals surface area (Å²) in [7, 11) is 0. The third-order valence-electron chi connectivity index (χ3n) is 5.18. The van der Waals surface area contributed by atoms with Crippen molar-refractivity contribution in [3.05, 3.63) is 47.8 Å². The van der Waals surface area contributed by atoms with E-state index < -0.39 is 0 Å². The number of rotatable bonds is 4. The molecule has 6 heteroatoms. The molecule has 136 valence electrons. The predicted octanol–water partition coefficient (Wildman–Crippen LogP) is 3.94. The molecule has 26 heavy (non-hydrogen) atoms. The van der Waals surface area contributed by atoms with Crippen molar-refractivity contribution >= 4 is 16.8 Å². The Hall–Kier alpha value is -2.63. The fourth-order valence-electron chi connectivity index (χ4n) is 3.83. The smallest absolute Gasteiger partial charge is 0.238 e. The molecular weight excluding hydrogens is 328 g/mol. The predicted molar refractivity (Wildman–Crippen MR) is 98.6 cm³/mol. The molecule has 1 aromatic carbocycles. The van der Waals surface area contributed by atoms with Crippen molar-refractivity contribution in [2.24, 2.45) is 0 Å². The summed E-state index contributed by atoms with van der Waals surface area (Å²) in [5.41, 5.74) is 2.30. The van der Waals surface area contributed by atoms with Crippen LogP contribution < -0.4 is 0 Å². The lowest BCUT2D eigenvalue weighted by Gasteiger charge is -2.27. The quantitative estimate of drug-likeness (QED) is 0.772. The molecule has 1 atom stereocenters. The van der Waals surface area contributed by atoms with Gasteiger partial charge in [-0.05, 0) is 30.9 Å². The number of nitrogens with zero attached hydrogens (tertiary/aromatic N) is 3. The number of aromatic amines is 1. The molecule has 6 nitrogen and oxygen atoms in total. The molecule has 3 heterocycles. The van der Waals surface area contributed by atoms with Crippen molar-refractivity contribution in [1.29, 1.82) is 0 Å². The SMILES string of the molecule is Cc1nnc(C2CCCCCN2C(=O)CCc2c[nH]c3ccccc23)o1. The third kappa shape index (κ3) is 3.36. The number of carbonyl (C=O) groups excluding carboxylic acids is 1. The van der Waals surface area contributed by atoms with Gasteiger partial charge < -0.3 is 14.3 Å². The summed E-state index contributed by atoms with van der Waals surface area (Å²) in [6.07, 6.45) is 7.37. The lowest BCUT2D eigenvalue weighted by Crippen LogP contribution is -2.35. The monoisotopic (exact) mass is 352 g/mol. The molecule has 0 radical (unpaired) electrons. The van der Waals surface area contributed by atoms with Crippen molar-refractivity contribution in [2.45, 2.75) is 51.5 Å². The van der Waals surface area contributed by atoms with Crippen molar-refractivity contribution in [1.82, 2.24) is 20.1 Å². The van der Waals surface area contributed by atoms with Crippen molar-refractivity contribution in [2.75, 3.05) is 6.54 Å². The molecule has 0 bridgehead atoms. The van der Waals surface area contributed by atoms with Gasteiger partial charge in [0.15, 0.2) is 0 Å². The summed E-state index contributed by atoms with van der Waals surface area (Å²) in [5, 5.41) is 9.32. The first-order valence-corrected chi connectivity index (χ1v) is 9.37. The Morgan fingerprint density at radius 2 is 2.15 bits per heavy atom. The number of carbonyl (C=O) groups is 1. The highest BCUT2D eigenvalue weighted by Crippen LogP contribution is 2.30. The molecule has 0 aliphatic carbocycles. The number of hydrogen-bond acceptors (Lipinski definition) is 4. The Balaban J connectivity index is 1.49. The average Bonchev–Trinajstić information content (AvgIpc) is 3.18. The van der Waals surface area contributed by atoms with Gasteiger partial charge in [-0.25, -0.2) is 0 Å². The molecule has 4 rings (SSSR count). The highest BCUT2D eigenvalue weighted by Gasteiger charge is 2.30. The van der Waals surface area contributed by atoms with Gasteiger partial charge in [0.2, 0.25) is 17.7 Å². The Bertz CT molecular complexity index is 898. The van der Waals surface area contributed by atoms with Gasteiger partial charge in [0, 0.05) is 37.0 Å². The normalized spacial score (nSPS) is 18.2. The van der Waals surface area contributed by atoms with Crippen LogP contribution in [0.3, 0.4) is 0 Å². The molecule has 1 aliphatic heterocycles. The second kappa shape index (κ2) is 7.32. The van der Waals surface area contributed by atoms with Crippen molar-refractivity contribution in [3.8, 4) is 0 Å². The second-order valence-corrected chi connectivity index (χ2v) is 6.97. The fourth-order valence-corrected chi connectivity index (χ4v) is 3.83. The van der Waals surface area contributed by atoms with Gasteiger partial charge in [0.05, 0.1) is 0 Å². The number of para-hydroxylation sites is 1. The minimum Gasteiger partial charge on any atom is -0.423 e. The minimum absolute atomic E-state index is 0.0887.